The maximum Gasteiger partial charge on any atom is 0.288 e. The van der Waals surface area contributed by atoms with E-state index in [1.807, 2.05) is 30.3 Å². The van der Waals surface area contributed by atoms with Crippen molar-refractivity contribution in [1.82, 2.24) is 14.7 Å². The molecule has 0 radical (unpaired) electrons. The lowest BCUT2D eigenvalue weighted by atomic mass is 9.88. The molecule has 34 heavy (non-hydrogen) atoms. The molecule has 1 aromatic heterocycles. The van der Waals surface area contributed by atoms with Crippen LogP contribution in [0.3, 0.4) is 0 Å². The maximum absolute atomic E-state index is 5.86. The topological polar surface area (TPSA) is 52.7 Å². The van der Waals surface area contributed by atoms with E-state index in [0.717, 1.165) is 30.0 Å². The average molecular weight is 474 g/mol. The standard InChI is InChI=1S/C27H27N3O3S/c1-18-9-11-20(12-10-18)26-28-30(27(34)33-26)17-29-14-13-21-15-23(31-2)24(32-3)16-22(21)25(29)19-7-5-4-6-8-19/h4-12,15-16,25H,13-14,17H2,1-3H3/t25-/m0/s1. The van der Waals surface area contributed by atoms with Crippen molar-refractivity contribution in [3.63, 3.8) is 0 Å². The fraction of sp³-hybridized carbons (Fsp3) is 0.259. The highest BCUT2D eigenvalue weighted by molar-refractivity contribution is 7.71. The minimum absolute atomic E-state index is 0.0196. The number of methoxy groups -OCH3 is 2. The molecule has 0 spiro atoms. The van der Waals surface area contributed by atoms with Crippen molar-refractivity contribution in [2.45, 2.75) is 26.1 Å². The molecule has 0 unspecified atom stereocenters. The van der Waals surface area contributed by atoms with Crippen LogP contribution in [0.15, 0.2) is 71.1 Å². The Kier molecular flexibility index (Phi) is 6.22. The monoisotopic (exact) mass is 473 g/mol. The minimum Gasteiger partial charge on any atom is -0.493 e. The van der Waals surface area contributed by atoms with Gasteiger partial charge in [0.05, 0.1) is 26.9 Å². The summed E-state index contributed by atoms with van der Waals surface area (Å²) >= 11 is 5.54. The molecule has 0 amide bonds. The van der Waals surface area contributed by atoms with Crippen LogP contribution in [0, 0.1) is 11.8 Å². The molecule has 0 bridgehead atoms. The normalized spacial score (nSPS) is 15.7. The Morgan fingerprint density at radius 3 is 2.41 bits per heavy atom. The molecule has 5 rings (SSSR count). The van der Waals surface area contributed by atoms with Gasteiger partial charge in [0.1, 0.15) is 0 Å². The Balaban J connectivity index is 1.53. The van der Waals surface area contributed by atoms with Crippen LogP contribution in [-0.2, 0) is 13.1 Å². The largest absolute Gasteiger partial charge is 0.493 e. The van der Waals surface area contributed by atoms with Crippen molar-refractivity contribution >= 4 is 12.2 Å². The zero-order valence-electron chi connectivity index (χ0n) is 19.5. The maximum atomic E-state index is 5.86. The van der Waals surface area contributed by atoms with E-state index in [-0.39, 0.29) is 6.04 Å². The predicted octanol–water partition coefficient (Wildman–Crippen LogP) is 5.80. The first-order valence-electron chi connectivity index (χ1n) is 11.3. The van der Waals surface area contributed by atoms with Gasteiger partial charge in [-0.1, -0.05) is 48.0 Å². The van der Waals surface area contributed by atoms with Gasteiger partial charge in [-0.3, -0.25) is 4.90 Å². The molecular weight excluding hydrogens is 446 g/mol. The lowest BCUT2D eigenvalue weighted by Gasteiger charge is -2.37. The second-order valence-electron chi connectivity index (χ2n) is 8.46. The van der Waals surface area contributed by atoms with E-state index in [2.05, 4.69) is 48.2 Å². The van der Waals surface area contributed by atoms with Gasteiger partial charge in [-0.2, -0.15) is 0 Å². The third-order valence-corrected chi connectivity index (χ3v) is 6.60. The first-order valence-corrected chi connectivity index (χ1v) is 11.7. The molecule has 0 aliphatic carbocycles. The van der Waals surface area contributed by atoms with Crippen LogP contribution in [0.4, 0.5) is 0 Å². The fourth-order valence-corrected chi connectivity index (χ4v) is 4.73. The van der Waals surface area contributed by atoms with Gasteiger partial charge in [0.25, 0.3) is 4.84 Å². The van der Waals surface area contributed by atoms with Crippen LogP contribution in [0.2, 0.25) is 0 Å². The number of benzene rings is 3. The number of rotatable bonds is 6. The van der Waals surface area contributed by atoms with Gasteiger partial charge in [-0.05, 0) is 66.5 Å². The van der Waals surface area contributed by atoms with Gasteiger partial charge in [-0.15, -0.1) is 5.10 Å². The number of nitrogens with zero attached hydrogens (tertiary/aromatic N) is 3. The van der Waals surface area contributed by atoms with Crippen molar-refractivity contribution in [3.05, 3.63) is 93.8 Å². The zero-order valence-corrected chi connectivity index (χ0v) is 20.3. The Bertz CT molecular complexity index is 1350. The molecule has 7 heteroatoms. The summed E-state index contributed by atoms with van der Waals surface area (Å²) in [5.41, 5.74) is 5.75. The molecule has 174 valence electrons. The molecule has 1 aliphatic heterocycles. The zero-order chi connectivity index (χ0) is 23.7. The summed E-state index contributed by atoms with van der Waals surface area (Å²) < 4.78 is 18.8. The van der Waals surface area contributed by atoms with Gasteiger partial charge < -0.3 is 13.9 Å². The predicted molar refractivity (Wildman–Crippen MR) is 134 cm³/mol. The van der Waals surface area contributed by atoms with E-state index >= 15 is 0 Å². The van der Waals surface area contributed by atoms with E-state index in [9.17, 15) is 0 Å². The molecular formula is C27H27N3O3S. The number of aromatic nitrogens is 2. The Morgan fingerprint density at radius 2 is 1.71 bits per heavy atom. The van der Waals surface area contributed by atoms with Crippen molar-refractivity contribution in [2.24, 2.45) is 0 Å². The highest BCUT2D eigenvalue weighted by Gasteiger charge is 2.31. The van der Waals surface area contributed by atoms with E-state index in [1.165, 1.54) is 22.3 Å². The number of hydrogen-bond acceptors (Lipinski definition) is 6. The molecule has 2 heterocycles. The quantitative estimate of drug-likeness (QED) is 0.330. The number of aryl methyl sites for hydroxylation is 1. The summed E-state index contributed by atoms with van der Waals surface area (Å²) in [5.74, 6) is 2.01. The van der Waals surface area contributed by atoms with Crippen molar-refractivity contribution in [1.29, 1.82) is 0 Å². The van der Waals surface area contributed by atoms with Gasteiger partial charge in [0.15, 0.2) is 11.5 Å². The van der Waals surface area contributed by atoms with Gasteiger partial charge in [0.2, 0.25) is 5.89 Å². The van der Waals surface area contributed by atoms with Crippen LogP contribution >= 0.6 is 12.2 Å². The van der Waals surface area contributed by atoms with Crippen LogP contribution < -0.4 is 9.47 Å². The van der Waals surface area contributed by atoms with Crippen LogP contribution in [0.5, 0.6) is 11.5 Å². The first kappa shape index (κ1) is 22.4. The SMILES string of the molecule is COc1cc2c(cc1OC)[C@H](c1ccccc1)N(Cn1nc(-c3ccc(C)cc3)oc1=S)CC2. The summed E-state index contributed by atoms with van der Waals surface area (Å²) in [6.07, 6.45) is 0.884. The molecule has 0 saturated heterocycles. The Labute approximate surface area is 204 Å². The molecule has 1 aliphatic rings. The second kappa shape index (κ2) is 9.44. The summed E-state index contributed by atoms with van der Waals surface area (Å²) in [6, 6.07) is 22.8. The summed E-state index contributed by atoms with van der Waals surface area (Å²) in [4.78, 5) is 2.74. The van der Waals surface area contributed by atoms with E-state index in [4.69, 9.17) is 31.2 Å². The first-order chi connectivity index (χ1) is 16.6. The van der Waals surface area contributed by atoms with Crippen LogP contribution in [-0.4, -0.2) is 35.4 Å². The van der Waals surface area contributed by atoms with Gasteiger partial charge >= 0.3 is 0 Å². The molecule has 0 saturated carbocycles. The molecule has 4 aromatic rings. The lowest BCUT2D eigenvalue weighted by Crippen LogP contribution is -2.37. The van der Waals surface area contributed by atoms with E-state index < -0.39 is 0 Å². The summed E-state index contributed by atoms with van der Waals surface area (Å²) in [7, 11) is 3.34. The number of hydrogen-bond donors (Lipinski definition) is 0. The van der Waals surface area contributed by atoms with Crippen molar-refractivity contribution in [2.75, 3.05) is 20.8 Å². The van der Waals surface area contributed by atoms with Crippen LogP contribution in [0.1, 0.15) is 28.3 Å². The highest BCUT2D eigenvalue weighted by atomic mass is 32.1. The number of fused-ring (bicyclic) bond motifs is 1. The fourth-order valence-electron chi connectivity index (χ4n) is 4.56. The average Bonchev–Trinajstić information content (AvgIpc) is 3.23. The molecule has 0 fully saturated rings. The van der Waals surface area contributed by atoms with E-state index in [1.54, 1.807) is 18.9 Å². The Morgan fingerprint density at radius 1 is 1.00 bits per heavy atom. The summed E-state index contributed by atoms with van der Waals surface area (Å²) in [5, 5.41) is 4.71. The van der Waals surface area contributed by atoms with E-state index in [0.29, 0.717) is 17.4 Å². The molecule has 3 aromatic carbocycles. The second-order valence-corrected chi connectivity index (χ2v) is 8.81. The number of ether oxygens (including phenoxy) is 2. The van der Waals surface area contributed by atoms with Crippen molar-refractivity contribution in [3.8, 4) is 23.0 Å². The molecule has 6 nitrogen and oxygen atoms in total. The lowest BCUT2D eigenvalue weighted by molar-refractivity contribution is 0.153. The van der Waals surface area contributed by atoms with Gasteiger partial charge in [-0.25, -0.2) is 4.68 Å². The van der Waals surface area contributed by atoms with Crippen LogP contribution in [0.25, 0.3) is 11.5 Å². The molecule has 0 N–H and O–H groups in total. The highest BCUT2D eigenvalue weighted by Crippen LogP contribution is 2.41. The van der Waals surface area contributed by atoms with Crippen molar-refractivity contribution < 1.29 is 13.9 Å². The minimum atomic E-state index is 0.0196. The third kappa shape index (κ3) is 4.24. The Hall–Kier alpha value is -3.42. The molecule has 1 atom stereocenters. The third-order valence-electron chi connectivity index (χ3n) is 6.31. The smallest absolute Gasteiger partial charge is 0.288 e. The van der Waals surface area contributed by atoms with Gasteiger partial charge in [0, 0.05) is 12.1 Å². The summed E-state index contributed by atoms with van der Waals surface area (Å²) in [6.45, 7) is 3.42.